The molecule has 1 aliphatic heterocycles. The highest BCUT2D eigenvalue weighted by Crippen LogP contribution is 2.27. The first-order chi connectivity index (χ1) is 12.0. The van der Waals surface area contributed by atoms with Gasteiger partial charge < -0.3 is 14.9 Å². The van der Waals surface area contributed by atoms with Crippen molar-refractivity contribution < 1.29 is 14.8 Å². The molecule has 0 aliphatic carbocycles. The molecule has 0 saturated carbocycles. The van der Waals surface area contributed by atoms with E-state index in [4.69, 9.17) is 0 Å². The highest BCUT2D eigenvalue weighted by molar-refractivity contribution is 5.96. The van der Waals surface area contributed by atoms with Crippen LogP contribution in [-0.2, 0) is 0 Å². The number of para-hydroxylation sites is 1. The van der Waals surface area contributed by atoms with Gasteiger partial charge >= 0.3 is 5.69 Å². The number of carbonyl (C=O) groups excluding carboxylic acids is 1. The van der Waals surface area contributed by atoms with Crippen molar-refractivity contribution in [3.8, 4) is 5.75 Å². The van der Waals surface area contributed by atoms with Crippen LogP contribution in [0.25, 0.3) is 0 Å². The molecule has 0 unspecified atom stereocenters. The summed E-state index contributed by atoms with van der Waals surface area (Å²) in [6, 6.07) is 9.48. The minimum atomic E-state index is -0.443. The van der Waals surface area contributed by atoms with Crippen LogP contribution in [-0.4, -0.2) is 52.0 Å². The van der Waals surface area contributed by atoms with Crippen LogP contribution >= 0.6 is 0 Å². The second-order valence-corrected chi connectivity index (χ2v) is 5.85. The van der Waals surface area contributed by atoms with Crippen LogP contribution in [0.3, 0.4) is 0 Å². The summed E-state index contributed by atoms with van der Waals surface area (Å²) in [5, 5.41) is 21.0. The van der Waals surface area contributed by atoms with Gasteiger partial charge in [-0.05, 0) is 25.1 Å². The zero-order valence-electron chi connectivity index (χ0n) is 13.8. The summed E-state index contributed by atoms with van der Waals surface area (Å²) < 4.78 is 0. The summed E-state index contributed by atoms with van der Waals surface area (Å²) in [6.07, 6.45) is 0. The first-order valence-corrected chi connectivity index (χ1v) is 7.91. The van der Waals surface area contributed by atoms with Crippen molar-refractivity contribution in [1.29, 1.82) is 0 Å². The van der Waals surface area contributed by atoms with E-state index in [1.165, 1.54) is 12.1 Å². The maximum Gasteiger partial charge on any atom is 0.311 e. The summed E-state index contributed by atoms with van der Waals surface area (Å²) in [6.45, 7) is 3.47. The number of piperazine rings is 1. The Morgan fingerprint density at radius 3 is 2.48 bits per heavy atom. The Morgan fingerprint density at radius 2 is 1.84 bits per heavy atom. The summed E-state index contributed by atoms with van der Waals surface area (Å²) in [5.41, 5.74) is 0.926. The van der Waals surface area contributed by atoms with E-state index in [1.807, 2.05) is 4.90 Å². The smallest absolute Gasteiger partial charge is 0.311 e. The van der Waals surface area contributed by atoms with Crippen LogP contribution in [0.1, 0.15) is 16.1 Å². The minimum Gasteiger partial charge on any atom is -0.507 e. The second kappa shape index (κ2) is 6.76. The number of amides is 1. The first kappa shape index (κ1) is 16.7. The van der Waals surface area contributed by atoms with E-state index in [0.29, 0.717) is 37.7 Å². The fourth-order valence-electron chi connectivity index (χ4n) is 2.86. The van der Waals surface area contributed by atoms with Crippen LogP contribution < -0.4 is 4.90 Å². The van der Waals surface area contributed by atoms with E-state index in [-0.39, 0.29) is 22.9 Å². The zero-order chi connectivity index (χ0) is 18.0. The van der Waals surface area contributed by atoms with Crippen molar-refractivity contribution in [2.75, 3.05) is 31.1 Å². The van der Waals surface area contributed by atoms with E-state index in [9.17, 15) is 20.0 Å². The molecule has 0 atom stereocenters. The Kier molecular flexibility index (Phi) is 4.51. The lowest BCUT2D eigenvalue weighted by Gasteiger charge is -2.35. The molecule has 1 N–H and O–H groups in total. The third kappa shape index (κ3) is 3.37. The fourth-order valence-corrected chi connectivity index (χ4v) is 2.86. The lowest BCUT2D eigenvalue weighted by atomic mass is 10.1. The van der Waals surface area contributed by atoms with Gasteiger partial charge in [0.25, 0.3) is 5.91 Å². The number of phenolic OH excluding ortho intramolecular Hbond substituents is 1. The van der Waals surface area contributed by atoms with Crippen LogP contribution in [0.2, 0.25) is 0 Å². The number of rotatable bonds is 3. The fraction of sp³-hybridized carbons (Fsp3) is 0.294. The van der Waals surface area contributed by atoms with E-state index in [2.05, 4.69) is 4.98 Å². The minimum absolute atomic E-state index is 0.0360. The molecule has 1 amide bonds. The first-order valence-electron chi connectivity index (χ1n) is 7.91. The molecule has 8 heteroatoms. The van der Waals surface area contributed by atoms with Gasteiger partial charge in [0.1, 0.15) is 5.75 Å². The molecule has 1 aromatic carbocycles. The Balaban J connectivity index is 1.75. The SMILES string of the molecule is Cc1ccc([N+](=O)[O-])c(N2CCN(C(=O)c3ccccc3O)CC2)n1. The number of carbonyl (C=O) groups is 1. The van der Waals surface area contributed by atoms with Gasteiger partial charge in [-0.15, -0.1) is 0 Å². The Bertz CT molecular complexity index is 816. The van der Waals surface area contributed by atoms with Gasteiger partial charge in [0.2, 0.25) is 5.82 Å². The van der Waals surface area contributed by atoms with Crippen LogP contribution in [0.15, 0.2) is 36.4 Å². The van der Waals surface area contributed by atoms with Gasteiger partial charge in [0, 0.05) is 37.9 Å². The quantitative estimate of drug-likeness (QED) is 0.676. The van der Waals surface area contributed by atoms with E-state index >= 15 is 0 Å². The molecule has 0 bridgehead atoms. The van der Waals surface area contributed by atoms with Gasteiger partial charge in [0.05, 0.1) is 10.5 Å². The molecule has 1 aliphatic rings. The largest absolute Gasteiger partial charge is 0.507 e. The number of pyridine rings is 1. The number of aromatic hydroxyl groups is 1. The van der Waals surface area contributed by atoms with Crippen molar-refractivity contribution in [2.45, 2.75) is 6.92 Å². The molecule has 130 valence electrons. The Morgan fingerprint density at radius 1 is 1.16 bits per heavy atom. The van der Waals surface area contributed by atoms with Gasteiger partial charge in [-0.25, -0.2) is 4.98 Å². The lowest BCUT2D eigenvalue weighted by Crippen LogP contribution is -2.49. The summed E-state index contributed by atoms with van der Waals surface area (Å²) in [4.78, 5) is 31.0. The third-order valence-corrected chi connectivity index (χ3v) is 4.19. The maximum absolute atomic E-state index is 12.5. The number of phenols is 1. The number of aryl methyl sites for hydroxylation is 1. The molecule has 1 fully saturated rings. The number of aromatic nitrogens is 1. The highest BCUT2D eigenvalue weighted by Gasteiger charge is 2.28. The Hall–Kier alpha value is -3.16. The van der Waals surface area contributed by atoms with Gasteiger partial charge in [0.15, 0.2) is 0 Å². The molecule has 0 spiro atoms. The lowest BCUT2D eigenvalue weighted by molar-refractivity contribution is -0.384. The number of hydrogen-bond donors (Lipinski definition) is 1. The number of anilines is 1. The average Bonchev–Trinajstić information content (AvgIpc) is 2.61. The molecule has 8 nitrogen and oxygen atoms in total. The van der Waals surface area contributed by atoms with Gasteiger partial charge in [-0.1, -0.05) is 12.1 Å². The van der Waals surface area contributed by atoms with Crippen LogP contribution in [0.4, 0.5) is 11.5 Å². The summed E-state index contributed by atoms with van der Waals surface area (Å²) in [5.74, 6) is 0.0371. The van der Waals surface area contributed by atoms with Gasteiger partial charge in [-0.2, -0.15) is 0 Å². The molecule has 2 aromatic rings. The standard InChI is InChI=1S/C17H18N4O4/c1-12-6-7-14(21(24)25)16(18-12)19-8-10-20(11-9-19)17(23)13-4-2-3-5-15(13)22/h2-7,22H,8-11H2,1H3. The van der Waals surface area contributed by atoms with Crippen LogP contribution in [0.5, 0.6) is 5.75 Å². The van der Waals surface area contributed by atoms with Crippen molar-refractivity contribution >= 4 is 17.4 Å². The molecule has 0 radical (unpaired) electrons. The monoisotopic (exact) mass is 342 g/mol. The third-order valence-electron chi connectivity index (χ3n) is 4.19. The predicted octanol–water partition coefficient (Wildman–Crippen LogP) is 1.97. The molecule has 3 rings (SSSR count). The van der Waals surface area contributed by atoms with Crippen molar-refractivity contribution in [3.05, 3.63) is 57.8 Å². The molecule has 1 aromatic heterocycles. The molecule has 2 heterocycles. The van der Waals surface area contributed by atoms with Crippen molar-refractivity contribution in [3.63, 3.8) is 0 Å². The Labute approximate surface area is 144 Å². The maximum atomic E-state index is 12.5. The molecule has 1 saturated heterocycles. The number of hydrogen-bond acceptors (Lipinski definition) is 6. The van der Waals surface area contributed by atoms with E-state index < -0.39 is 4.92 Å². The van der Waals surface area contributed by atoms with Gasteiger partial charge in [-0.3, -0.25) is 14.9 Å². The van der Waals surface area contributed by atoms with Crippen LogP contribution in [0, 0.1) is 17.0 Å². The number of benzene rings is 1. The molecular weight excluding hydrogens is 324 g/mol. The van der Waals surface area contributed by atoms with E-state index in [1.54, 1.807) is 36.1 Å². The molecular formula is C17H18N4O4. The second-order valence-electron chi connectivity index (χ2n) is 5.85. The van der Waals surface area contributed by atoms with Crippen molar-refractivity contribution in [2.24, 2.45) is 0 Å². The normalized spacial score (nSPS) is 14.4. The number of nitro groups is 1. The topological polar surface area (TPSA) is 99.8 Å². The average molecular weight is 342 g/mol. The summed E-state index contributed by atoms with van der Waals surface area (Å²) >= 11 is 0. The zero-order valence-corrected chi connectivity index (χ0v) is 13.8. The highest BCUT2D eigenvalue weighted by atomic mass is 16.6. The molecule has 25 heavy (non-hydrogen) atoms. The van der Waals surface area contributed by atoms with Crippen molar-refractivity contribution in [1.82, 2.24) is 9.88 Å². The predicted molar refractivity (Wildman–Crippen MR) is 91.9 cm³/mol. The van der Waals surface area contributed by atoms with E-state index in [0.717, 1.165) is 0 Å². The number of nitrogens with zero attached hydrogens (tertiary/aromatic N) is 4. The summed E-state index contributed by atoms with van der Waals surface area (Å²) in [7, 11) is 0.